The van der Waals surface area contributed by atoms with Crippen LogP contribution in [0, 0.1) is 11.3 Å². The lowest BCUT2D eigenvalue weighted by molar-refractivity contribution is 0.685. The highest BCUT2D eigenvalue weighted by Gasteiger charge is 2.17. The monoisotopic (exact) mass is 412 g/mol. The Labute approximate surface area is 178 Å². The van der Waals surface area contributed by atoms with Gasteiger partial charge in [-0.1, -0.05) is 48.5 Å². The molecule has 0 amide bonds. The summed E-state index contributed by atoms with van der Waals surface area (Å²) in [5.41, 5.74) is 2.22. The van der Waals surface area contributed by atoms with Crippen LogP contribution in [0.5, 0.6) is 0 Å². The van der Waals surface area contributed by atoms with E-state index in [1.165, 1.54) is 18.7 Å². The molecule has 0 unspecified atom stereocenters. The lowest BCUT2D eigenvalue weighted by Crippen LogP contribution is -2.39. The van der Waals surface area contributed by atoms with Crippen LogP contribution in [0.2, 0.25) is 0 Å². The maximum absolute atomic E-state index is 12.4. The van der Waals surface area contributed by atoms with Gasteiger partial charge in [0.15, 0.2) is 5.56 Å². The first-order chi connectivity index (χ1) is 15.0. The molecule has 8 nitrogen and oxygen atoms in total. The van der Waals surface area contributed by atoms with Gasteiger partial charge in [0.05, 0.1) is 11.4 Å². The maximum atomic E-state index is 12.4. The fraction of sp³-hybridized carbons (Fsp3) is 0.130. The van der Waals surface area contributed by atoms with Crippen LogP contribution in [0.3, 0.4) is 0 Å². The van der Waals surface area contributed by atoms with Crippen molar-refractivity contribution in [1.82, 2.24) is 18.9 Å². The largest absolute Gasteiger partial charge is 0.366 e. The molecule has 2 heterocycles. The number of nitrogens with one attached hydrogen (secondary N) is 1. The minimum absolute atomic E-state index is 0.110. The molecule has 154 valence electrons. The summed E-state index contributed by atoms with van der Waals surface area (Å²) in [5.74, 6) is 0.182. The molecule has 0 atom stereocenters. The van der Waals surface area contributed by atoms with Gasteiger partial charge in [0.2, 0.25) is 0 Å². The van der Waals surface area contributed by atoms with Gasteiger partial charge in [0, 0.05) is 38.0 Å². The lowest BCUT2D eigenvalue weighted by Gasteiger charge is -2.13. The van der Waals surface area contributed by atoms with Gasteiger partial charge in [-0.2, -0.15) is 10.4 Å². The molecule has 4 aromatic rings. The number of para-hydroxylation sites is 1. The third kappa shape index (κ3) is 3.65. The standard InChI is InChI=1S/C23H20N6O2/c1-27-21(19(13-24)22(30)28(2)23(27)31)25-14-17-15-29(18-11-7-4-8-12-18)26-20(17)16-9-5-3-6-10-16/h3-12,15,25H,14H2,1-2H3. The minimum atomic E-state index is -0.628. The van der Waals surface area contributed by atoms with E-state index in [2.05, 4.69) is 5.32 Å². The van der Waals surface area contributed by atoms with Crippen molar-refractivity contribution in [2.24, 2.45) is 14.1 Å². The van der Waals surface area contributed by atoms with Crippen LogP contribution in [-0.2, 0) is 20.6 Å². The van der Waals surface area contributed by atoms with Gasteiger partial charge in [-0.15, -0.1) is 0 Å². The van der Waals surface area contributed by atoms with Crippen LogP contribution >= 0.6 is 0 Å². The molecule has 0 saturated heterocycles. The van der Waals surface area contributed by atoms with Crippen molar-refractivity contribution in [1.29, 1.82) is 5.26 Å². The van der Waals surface area contributed by atoms with E-state index >= 15 is 0 Å². The third-order valence-electron chi connectivity index (χ3n) is 5.08. The Morgan fingerprint density at radius 1 is 0.968 bits per heavy atom. The second kappa shape index (κ2) is 8.16. The minimum Gasteiger partial charge on any atom is -0.366 e. The van der Waals surface area contributed by atoms with Gasteiger partial charge in [0.1, 0.15) is 11.9 Å². The Morgan fingerprint density at radius 2 is 1.61 bits per heavy atom. The highest BCUT2D eigenvalue weighted by Crippen LogP contribution is 2.24. The quantitative estimate of drug-likeness (QED) is 0.543. The number of anilines is 1. The molecule has 0 radical (unpaired) electrons. The summed E-state index contributed by atoms with van der Waals surface area (Å²) in [7, 11) is 2.88. The van der Waals surface area contributed by atoms with Gasteiger partial charge in [-0.25, -0.2) is 9.48 Å². The van der Waals surface area contributed by atoms with E-state index in [0.29, 0.717) is 0 Å². The molecule has 2 aromatic heterocycles. The fourth-order valence-corrected chi connectivity index (χ4v) is 3.42. The SMILES string of the molecule is Cn1c(NCc2cn(-c3ccccc3)nc2-c2ccccc2)c(C#N)c(=O)n(C)c1=O. The third-order valence-corrected chi connectivity index (χ3v) is 5.08. The molecule has 8 heteroatoms. The van der Waals surface area contributed by atoms with Gasteiger partial charge >= 0.3 is 5.69 Å². The molecular weight excluding hydrogens is 392 g/mol. The molecule has 0 aliphatic heterocycles. The number of rotatable bonds is 5. The van der Waals surface area contributed by atoms with E-state index in [4.69, 9.17) is 5.10 Å². The van der Waals surface area contributed by atoms with Gasteiger partial charge in [-0.3, -0.25) is 13.9 Å². The molecule has 0 aliphatic carbocycles. The van der Waals surface area contributed by atoms with Crippen molar-refractivity contribution in [3.05, 3.63) is 98.8 Å². The zero-order valence-electron chi connectivity index (χ0n) is 17.1. The molecule has 0 aliphatic rings. The summed E-state index contributed by atoms with van der Waals surface area (Å²) in [6.07, 6.45) is 1.90. The summed E-state index contributed by atoms with van der Waals surface area (Å²) in [4.78, 5) is 24.7. The fourth-order valence-electron chi connectivity index (χ4n) is 3.42. The number of nitriles is 1. The Morgan fingerprint density at radius 3 is 2.26 bits per heavy atom. The van der Waals surface area contributed by atoms with E-state index in [1.807, 2.05) is 72.9 Å². The highest BCUT2D eigenvalue weighted by atomic mass is 16.2. The summed E-state index contributed by atoms with van der Waals surface area (Å²) in [6, 6.07) is 21.4. The summed E-state index contributed by atoms with van der Waals surface area (Å²) >= 11 is 0. The normalized spacial score (nSPS) is 10.6. The van der Waals surface area contributed by atoms with E-state index in [9.17, 15) is 14.9 Å². The first-order valence-corrected chi connectivity index (χ1v) is 9.64. The molecule has 0 bridgehead atoms. The van der Waals surface area contributed by atoms with Crippen LogP contribution < -0.4 is 16.6 Å². The Balaban J connectivity index is 1.78. The van der Waals surface area contributed by atoms with Crippen molar-refractivity contribution in [3.8, 4) is 23.0 Å². The molecule has 31 heavy (non-hydrogen) atoms. The van der Waals surface area contributed by atoms with Crippen molar-refractivity contribution < 1.29 is 0 Å². The predicted octanol–water partition coefficient (Wildman–Crippen LogP) is 2.42. The zero-order chi connectivity index (χ0) is 22.0. The summed E-state index contributed by atoms with van der Waals surface area (Å²) < 4.78 is 3.98. The summed E-state index contributed by atoms with van der Waals surface area (Å²) in [6.45, 7) is 0.270. The van der Waals surface area contributed by atoms with Crippen LogP contribution in [0.15, 0.2) is 76.4 Å². The van der Waals surface area contributed by atoms with Crippen LogP contribution in [0.4, 0.5) is 5.82 Å². The lowest BCUT2D eigenvalue weighted by atomic mass is 10.1. The average molecular weight is 412 g/mol. The van der Waals surface area contributed by atoms with Crippen molar-refractivity contribution in [2.75, 3.05) is 5.32 Å². The first-order valence-electron chi connectivity index (χ1n) is 9.64. The molecule has 2 aromatic carbocycles. The van der Waals surface area contributed by atoms with Crippen LogP contribution in [-0.4, -0.2) is 18.9 Å². The van der Waals surface area contributed by atoms with Crippen molar-refractivity contribution in [3.63, 3.8) is 0 Å². The molecule has 0 fully saturated rings. The smallest absolute Gasteiger partial charge is 0.332 e. The van der Waals surface area contributed by atoms with E-state index in [1.54, 1.807) is 4.68 Å². The second-order valence-corrected chi connectivity index (χ2v) is 7.04. The van der Waals surface area contributed by atoms with Crippen molar-refractivity contribution >= 4 is 5.82 Å². The molecule has 4 rings (SSSR count). The van der Waals surface area contributed by atoms with Crippen LogP contribution in [0.25, 0.3) is 16.9 Å². The maximum Gasteiger partial charge on any atom is 0.332 e. The van der Waals surface area contributed by atoms with Gasteiger partial charge in [0.25, 0.3) is 5.56 Å². The topological polar surface area (TPSA) is 97.6 Å². The molecule has 0 saturated carbocycles. The van der Waals surface area contributed by atoms with Crippen molar-refractivity contribution in [2.45, 2.75) is 6.54 Å². The molecule has 0 spiro atoms. The van der Waals surface area contributed by atoms with E-state index in [-0.39, 0.29) is 17.9 Å². The molecule has 1 N–H and O–H groups in total. The Bertz CT molecular complexity index is 1390. The summed E-state index contributed by atoms with van der Waals surface area (Å²) in [5, 5.41) is 17.3. The molecular formula is C23H20N6O2. The number of aromatic nitrogens is 4. The highest BCUT2D eigenvalue weighted by molar-refractivity contribution is 5.64. The predicted molar refractivity (Wildman–Crippen MR) is 118 cm³/mol. The van der Waals surface area contributed by atoms with Crippen LogP contribution in [0.1, 0.15) is 11.1 Å². The van der Waals surface area contributed by atoms with Gasteiger partial charge < -0.3 is 5.32 Å². The second-order valence-electron chi connectivity index (χ2n) is 7.04. The first kappa shape index (κ1) is 19.9. The van der Waals surface area contributed by atoms with Gasteiger partial charge in [-0.05, 0) is 12.1 Å². The Kier molecular flexibility index (Phi) is 5.24. The van der Waals surface area contributed by atoms with E-state index in [0.717, 1.165) is 27.1 Å². The number of hydrogen-bond donors (Lipinski definition) is 1. The number of hydrogen-bond acceptors (Lipinski definition) is 5. The zero-order valence-corrected chi connectivity index (χ0v) is 17.1. The number of benzene rings is 2. The number of nitrogens with zero attached hydrogens (tertiary/aromatic N) is 5. The van der Waals surface area contributed by atoms with E-state index < -0.39 is 11.2 Å². The Hall–Kier alpha value is -4.38. The average Bonchev–Trinajstić information content (AvgIpc) is 3.24.